The third-order valence-corrected chi connectivity index (χ3v) is 5.99. The minimum Gasteiger partial charge on any atom is -0.392 e. The molecule has 1 fully saturated rings. The van der Waals surface area contributed by atoms with E-state index in [9.17, 15) is 8.42 Å². The SMILES string of the molecule is O=S(=O)(c1cc(CO)ccc1Cl)N1CCCCCCC1. The number of nitrogens with zero attached hydrogens (tertiary/aromatic N) is 1. The van der Waals surface area contributed by atoms with Crippen LogP contribution in [0.5, 0.6) is 0 Å². The van der Waals surface area contributed by atoms with Crippen LogP contribution in [0, 0.1) is 0 Å². The van der Waals surface area contributed by atoms with E-state index in [1.165, 1.54) is 22.9 Å². The van der Waals surface area contributed by atoms with Crippen molar-refractivity contribution in [3.63, 3.8) is 0 Å². The van der Waals surface area contributed by atoms with Gasteiger partial charge in [0.2, 0.25) is 10.0 Å². The van der Waals surface area contributed by atoms with Gasteiger partial charge in [-0.25, -0.2) is 8.42 Å². The Hall–Kier alpha value is -0.620. The van der Waals surface area contributed by atoms with Crippen molar-refractivity contribution >= 4 is 21.6 Å². The summed E-state index contributed by atoms with van der Waals surface area (Å²) in [4.78, 5) is 0.103. The van der Waals surface area contributed by atoms with Gasteiger partial charge in [-0.3, -0.25) is 0 Å². The third-order valence-electron chi connectivity index (χ3n) is 3.61. The zero-order valence-electron chi connectivity index (χ0n) is 11.4. The van der Waals surface area contributed by atoms with Crippen LogP contribution in [0.15, 0.2) is 23.1 Å². The zero-order valence-corrected chi connectivity index (χ0v) is 13.0. The highest BCUT2D eigenvalue weighted by atomic mass is 35.5. The second kappa shape index (κ2) is 6.89. The molecule has 0 unspecified atom stereocenters. The van der Waals surface area contributed by atoms with Gasteiger partial charge >= 0.3 is 0 Å². The summed E-state index contributed by atoms with van der Waals surface area (Å²) in [7, 11) is -3.57. The van der Waals surface area contributed by atoms with Gasteiger partial charge in [-0.15, -0.1) is 0 Å². The lowest BCUT2D eigenvalue weighted by molar-refractivity contribution is 0.281. The van der Waals surface area contributed by atoms with Crippen LogP contribution in [0.4, 0.5) is 0 Å². The smallest absolute Gasteiger partial charge is 0.244 e. The van der Waals surface area contributed by atoms with Crippen molar-refractivity contribution in [2.24, 2.45) is 0 Å². The summed E-state index contributed by atoms with van der Waals surface area (Å²) in [6.45, 7) is 0.893. The topological polar surface area (TPSA) is 57.6 Å². The molecule has 0 aliphatic carbocycles. The maximum atomic E-state index is 12.7. The summed E-state index contributed by atoms with van der Waals surface area (Å²) < 4.78 is 26.9. The Morgan fingerprint density at radius 1 is 1.10 bits per heavy atom. The second-order valence-corrected chi connectivity index (χ2v) is 7.41. The molecule has 1 aromatic rings. The van der Waals surface area contributed by atoms with E-state index in [0.29, 0.717) is 18.7 Å². The Balaban J connectivity index is 2.32. The molecule has 1 saturated heterocycles. The molecule has 1 heterocycles. The van der Waals surface area contributed by atoms with Gasteiger partial charge in [0.25, 0.3) is 0 Å². The molecule has 0 spiro atoms. The number of sulfonamides is 1. The molecule has 2 rings (SSSR count). The van der Waals surface area contributed by atoms with Crippen molar-refractivity contribution in [1.82, 2.24) is 4.31 Å². The number of halogens is 1. The molecule has 112 valence electrons. The van der Waals surface area contributed by atoms with Crippen LogP contribution in [0.25, 0.3) is 0 Å². The first kappa shape index (κ1) is 15.8. The molecule has 1 aliphatic heterocycles. The first-order valence-corrected chi connectivity index (χ1v) is 8.77. The van der Waals surface area contributed by atoms with E-state index in [4.69, 9.17) is 16.7 Å². The fourth-order valence-corrected chi connectivity index (χ4v) is 4.48. The highest BCUT2D eigenvalue weighted by Crippen LogP contribution is 2.27. The second-order valence-electron chi connectivity index (χ2n) is 5.09. The molecule has 0 atom stereocenters. The lowest BCUT2D eigenvalue weighted by Crippen LogP contribution is -2.34. The van der Waals surface area contributed by atoms with Gasteiger partial charge in [0, 0.05) is 13.1 Å². The first-order valence-electron chi connectivity index (χ1n) is 6.95. The van der Waals surface area contributed by atoms with Crippen LogP contribution >= 0.6 is 11.6 Å². The minimum atomic E-state index is -3.57. The normalized spacial score (nSPS) is 18.5. The lowest BCUT2D eigenvalue weighted by Gasteiger charge is -2.24. The fourth-order valence-electron chi connectivity index (χ4n) is 2.44. The summed E-state index contributed by atoms with van der Waals surface area (Å²) in [5, 5.41) is 9.37. The van der Waals surface area contributed by atoms with Crippen LogP contribution in [0.2, 0.25) is 5.02 Å². The van der Waals surface area contributed by atoms with Gasteiger partial charge in [0.1, 0.15) is 4.90 Å². The highest BCUT2D eigenvalue weighted by molar-refractivity contribution is 7.89. The predicted octanol–water partition coefficient (Wildman–Crippen LogP) is 2.79. The molecule has 4 nitrogen and oxygen atoms in total. The number of rotatable bonds is 3. The van der Waals surface area contributed by atoms with Gasteiger partial charge in [0.05, 0.1) is 11.6 Å². The molecule has 0 bridgehead atoms. The summed E-state index contributed by atoms with van der Waals surface area (Å²) in [5.74, 6) is 0. The number of hydrogen-bond donors (Lipinski definition) is 1. The third kappa shape index (κ3) is 3.52. The Morgan fingerprint density at radius 2 is 1.70 bits per heavy atom. The maximum Gasteiger partial charge on any atom is 0.244 e. The van der Waals surface area contributed by atoms with Crippen molar-refractivity contribution in [1.29, 1.82) is 0 Å². The van der Waals surface area contributed by atoms with E-state index in [2.05, 4.69) is 0 Å². The van der Waals surface area contributed by atoms with Crippen LogP contribution in [0.3, 0.4) is 0 Å². The van der Waals surface area contributed by atoms with E-state index >= 15 is 0 Å². The molecule has 0 saturated carbocycles. The van der Waals surface area contributed by atoms with Gasteiger partial charge in [0.15, 0.2) is 0 Å². The molecule has 0 aromatic heterocycles. The summed E-state index contributed by atoms with van der Waals surface area (Å²) >= 11 is 6.04. The Bertz CT molecular complexity index is 552. The number of hydrogen-bond acceptors (Lipinski definition) is 3. The van der Waals surface area contributed by atoms with Crippen LogP contribution < -0.4 is 0 Å². The summed E-state index contributed by atoms with van der Waals surface area (Å²) in [5.41, 5.74) is 0.556. The van der Waals surface area contributed by atoms with E-state index in [0.717, 1.165) is 25.7 Å². The van der Waals surface area contributed by atoms with Crippen LogP contribution in [0.1, 0.15) is 37.7 Å². The van der Waals surface area contributed by atoms with Crippen molar-refractivity contribution in [3.8, 4) is 0 Å². The molecule has 1 aliphatic rings. The quantitative estimate of drug-likeness (QED) is 0.932. The van der Waals surface area contributed by atoms with Crippen LogP contribution in [-0.2, 0) is 16.6 Å². The van der Waals surface area contributed by atoms with Gasteiger partial charge in [-0.1, -0.05) is 36.9 Å². The Labute approximate surface area is 125 Å². The van der Waals surface area contributed by atoms with Gasteiger partial charge in [-0.05, 0) is 30.5 Å². The summed E-state index contributed by atoms with van der Waals surface area (Å²) in [6, 6.07) is 4.63. The number of aliphatic hydroxyl groups is 1. The predicted molar refractivity (Wildman–Crippen MR) is 79.2 cm³/mol. The standard InChI is InChI=1S/C14H20ClNO3S/c15-13-7-6-12(11-17)10-14(13)20(18,19)16-8-4-2-1-3-5-9-16/h6-7,10,17H,1-5,8-9,11H2. The fraction of sp³-hybridized carbons (Fsp3) is 0.571. The molecule has 1 aromatic carbocycles. The zero-order chi connectivity index (χ0) is 14.6. The van der Waals surface area contributed by atoms with Gasteiger partial charge < -0.3 is 5.11 Å². The van der Waals surface area contributed by atoms with E-state index in [-0.39, 0.29) is 16.5 Å². The number of aliphatic hydroxyl groups excluding tert-OH is 1. The van der Waals surface area contributed by atoms with E-state index in [1.807, 2.05) is 0 Å². The van der Waals surface area contributed by atoms with E-state index < -0.39 is 10.0 Å². The average molecular weight is 318 g/mol. The molecular weight excluding hydrogens is 298 g/mol. The Kier molecular flexibility index (Phi) is 5.43. The van der Waals surface area contributed by atoms with Crippen molar-refractivity contribution in [2.45, 2.75) is 43.6 Å². The molecule has 6 heteroatoms. The highest BCUT2D eigenvalue weighted by Gasteiger charge is 2.27. The molecule has 0 amide bonds. The van der Waals surface area contributed by atoms with Crippen LogP contribution in [-0.4, -0.2) is 30.9 Å². The molecule has 1 N–H and O–H groups in total. The number of benzene rings is 1. The average Bonchev–Trinajstić information content (AvgIpc) is 2.38. The molecular formula is C14H20ClNO3S. The minimum absolute atomic E-state index is 0.103. The molecule has 0 radical (unpaired) electrons. The van der Waals surface area contributed by atoms with E-state index in [1.54, 1.807) is 6.07 Å². The first-order chi connectivity index (χ1) is 9.55. The van der Waals surface area contributed by atoms with Crippen molar-refractivity contribution in [3.05, 3.63) is 28.8 Å². The maximum absolute atomic E-state index is 12.7. The monoisotopic (exact) mass is 317 g/mol. The summed E-state index contributed by atoms with van der Waals surface area (Å²) in [6.07, 6.45) is 5.08. The molecule has 20 heavy (non-hydrogen) atoms. The Morgan fingerprint density at radius 3 is 2.30 bits per heavy atom. The van der Waals surface area contributed by atoms with Crippen molar-refractivity contribution in [2.75, 3.05) is 13.1 Å². The van der Waals surface area contributed by atoms with Crippen molar-refractivity contribution < 1.29 is 13.5 Å². The van der Waals surface area contributed by atoms with Gasteiger partial charge in [-0.2, -0.15) is 4.31 Å². The lowest BCUT2D eigenvalue weighted by atomic mass is 10.1. The largest absolute Gasteiger partial charge is 0.392 e.